The van der Waals surface area contributed by atoms with Gasteiger partial charge in [-0.3, -0.25) is 14.4 Å². The van der Waals surface area contributed by atoms with Crippen LogP contribution in [-0.2, 0) is 44.9 Å². The largest absolute Gasteiger partial charge is 0.497 e. The van der Waals surface area contributed by atoms with Crippen molar-refractivity contribution in [2.45, 2.75) is 91.5 Å². The minimum absolute atomic E-state index is 0.105. The predicted octanol–water partition coefficient (Wildman–Crippen LogP) is 5.43. The number of hydrogen-bond acceptors (Lipinski definition) is 7. The van der Waals surface area contributed by atoms with E-state index in [1.165, 1.54) is 4.57 Å². The number of amides is 2. The zero-order valence-electron chi connectivity index (χ0n) is 27.5. The van der Waals surface area contributed by atoms with E-state index in [4.69, 9.17) is 14.2 Å². The zero-order chi connectivity index (χ0) is 33.4. The van der Waals surface area contributed by atoms with E-state index in [0.29, 0.717) is 24.3 Å². The maximum atomic E-state index is 13.7. The first-order valence-corrected chi connectivity index (χ1v) is 15.0. The van der Waals surface area contributed by atoms with E-state index >= 15 is 0 Å². The first kappa shape index (κ1) is 34.9. The van der Waals surface area contributed by atoms with Gasteiger partial charge < -0.3 is 29.4 Å². The number of carbonyl (C=O) groups is 3. The molecule has 10 nitrogen and oxygen atoms in total. The monoisotopic (exact) mass is 619 g/mol. The van der Waals surface area contributed by atoms with E-state index in [0.717, 1.165) is 16.7 Å². The lowest BCUT2D eigenvalue weighted by atomic mass is 10.0. The van der Waals surface area contributed by atoms with Gasteiger partial charge >= 0.3 is 12.1 Å². The van der Waals surface area contributed by atoms with Crippen molar-refractivity contribution in [1.29, 1.82) is 0 Å². The average molecular weight is 620 g/mol. The van der Waals surface area contributed by atoms with Gasteiger partial charge in [-0.15, -0.1) is 0 Å². The number of carbonyl (C=O) groups excluding carboxylic acids is 3. The van der Waals surface area contributed by atoms with Crippen LogP contribution in [0.1, 0.15) is 70.7 Å². The topological polar surface area (TPSA) is 125 Å². The molecule has 0 fully saturated rings. The second-order valence-electron chi connectivity index (χ2n) is 12.8. The van der Waals surface area contributed by atoms with Gasteiger partial charge in [-0.1, -0.05) is 43.3 Å². The summed E-state index contributed by atoms with van der Waals surface area (Å²) in [7, 11) is 1.59. The predicted molar refractivity (Wildman–Crippen MR) is 174 cm³/mol. The molecule has 0 saturated heterocycles. The van der Waals surface area contributed by atoms with Gasteiger partial charge in [0.2, 0.25) is 5.91 Å². The van der Waals surface area contributed by atoms with Gasteiger partial charge in [-0.2, -0.15) is 0 Å². The number of hydrogen-bond donors (Lipinski definition) is 2. The summed E-state index contributed by atoms with van der Waals surface area (Å²) in [5, 5.41) is 5.47. The molecular formula is C35H45N3O7. The van der Waals surface area contributed by atoms with E-state index in [2.05, 4.69) is 10.6 Å². The molecule has 3 rings (SSSR count). The van der Waals surface area contributed by atoms with Crippen molar-refractivity contribution in [3.63, 3.8) is 0 Å². The van der Waals surface area contributed by atoms with Crippen molar-refractivity contribution in [2.75, 3.05) is 12.4 Å². The number of pyridine rings is 1. The maximum absolute atomic E-state index is 13.7. The first-order chi connectivity index (χ1) is 21.1. The summed E-state index contributed by atoms with van der Waals surface area (Å²) in [6.07, 6.45) is 1.68. The molecular weight excluding hydrogens is 574 g/mol. The Morgan fingerprint density at radius 3 is 1.96 bits per heavy atom. The second kappa shape index (κ2) is 14.9. The summed E-state index contributed by atoms with van der Waals surface area (Å²) in [6, 6.07) is 15.3. The fourth-order valence-corrected chi connectivity index (χ4v) is 4.54. The van der Waals surface area contributed by atoms with Crippen molar-refractivity contribution < 1.29 is 28.6 Å². The number of nitrogens with zero attached hydrogens (tertiary/aromatic N) is 1. The molecule has 2 aromatic carbocycles. The molecule has 0 unspecified atom stereocenters. The second-order valence-corrected chi connectivity index (χ2v) is 12.8. The third kappa shape index (κ3) is 11.1. The van der Waals surface area contributed by atoms with Gasteiger partial charge in [0.05, 0.1) is 20.1 Å². The van der Waals surface area contributed by atoms with Crippen molar-refractivity contribution in [3.05, 3.63) is 93.4 Å². The maximum Gasteiger partial charge on any atom is 0.408 e. The first-order valence-electron chi connectivity index (χ1n) is 15.0. The molecule has 0 spiro atoms. The number of ether oxygens (including phenoxy) is 3. The van der Waals surface area contributed by atoms with Crippen LogP contribution >= 0.6 is 0 Å². The van der Waals surface area contributed by atoms with Gasteiger partial charge in [0.1, 0.15) is 28.7 Å². The highest BCUT2D eigenvalue weighted by Gasteiger charge is 2.26. The average Bonchev–Trinajstić information content (AvgIpc) is 2.94. The van der Waals surface area contributed by atoms with E-state index in [9.17, 15) is 19.2 Å². The SMILES string of the molecule is CCc1ccn(Cc2ccc(OC)cc2)c(=O)c1NC(=O)[C@H](Cc1ccc(CC(=O)OC(C)(C)C)cc1)NC(=O)OC(C)(C)C. The Bertz CT molecular complexity index is 1530. The van der Waals surface area contributed by atoms with Crippen LogP contribution in [0.2, 0.25) is 0 Å². The molecule has 3 aromatic rings. The van der Waals surface area contributed by atoms with Crippen LogP contribution in [-0.4, -0.2) is 46.9 Å². The standard InChI is InChI=1S/C35H45N3O7/c1-9-26-18-19-38(22-25-14-16-27(43-8)17-15-25)32(41)30(26)37-31(40)28(36-33(42)45-35(5,6)7)20-23-10-12-24(13-11-23)21-29(39)44-34(2,3)4/h10-19,28H,9,20-22H2,1-8H3,(H,36,42)(H,37,40)/t28-/m0/s1. The molecule has 0 bridgehead atoms. The van der Waals surface area contributed by atoms with Crippen LogP contribution in [0.4, 0.5) is 10.5 Å². The van der Waals surface area contributed by atoms with E-state index in [-0.39, 0.29) is 30.1 Å². The molecule has 0 radical (unpaired) electrons. The number of benzene rings is 2. The molecule has 0 aliphatic carbocycles. The summed E-state index contributed by atoms with van der Waals surface area (Å²) in [4.78, 5) is 52.3. The zero-order valence-corrected chi connectivity index (χ0v) is 27.5. The molecule has 242 valence electrons. The Morgan fingerprint density at radius 1 is 0.822 bits per heavy atom. The van der Waals surface area contributed by atoms with Crippen molar-refractivity contribution >= 4 is 23.7 Å². The lowest BCUT2D eigenvalue weighted by Crippen LogP contribution is -2.47. The van der Waals surface area contributed by atoms with Gasteiger partial charge in [0.15, 0.2) is 0 Å². The van der Waals surface area contributed by atoms with Gasteiger partial charge in [-0.05, 0) is 88.4 Å². The van der Waals surface area contributed by atoms with Gasteiger partial charge in [-0.25, -0.2) is 4.79 Å². The lowest BCUT2D eigenvalue weighted by molar-refractivity contribution is -0.153. The minimum Gasteiger partial charge on any atom is -0.497 e. The fourth-order valence-electron chi connectivity index (χ4n) is 4.54. The summed E-state index contributed by atoms with van der Waals surface area (Å²) in [5.74, 6) is -0.194. The van der Waals surface area contributed by atoms with Crippen LogP contribution in [0.5, 0.6) is 5.75 Å². The molecule has 2 amide bonds. The number of aromatic nitrogens is 1. The molecule has 45 heavy (non-hydrogen) atoms. The quantitative estimate of drug-likeness (QED) is 0.275. The Balaban J connectivity index is 1.85. The Labute approximate surface area is 265 Å². The van der Waals surface area contributed by atoms with E-state index in [1.54, 1.807) is 64.4 Å². The normalized spacial score (nSPS) is 12.2. The molecule has 0 aliphatic heterocycles. The number of esters is 1. The lowest BCUT2D eigenvalue weighted by Gasteiger charge is -2.24. The van der Waals surface area contributed by atoms with Gasteiger partial charge in [0, 0.05) is 12.6 Å². The summed E-state index contributed by atoms with van der Waals surface area (Å²) >= 11 is 0. The Morgan fingerprint density at radius 2 is 1.40 bits per heavy atom. The molecule has 1 aromatic heterocycles. The van der Waals surface area contributed by atoms with E-state index < -0.39 is 29.2 Å². The molecule has 0 aliphatic rings. The van der Waals surface area contributed by atoms with Crippen LogP contribution in [0.25, 0.3) is 0 Å². The third-order valence-corrected chi connectivity index (χ3v) is 6.63. The number of methoxy groups -OCH3 is 1. The Kier molecular flexibility index (Phi) is 11.6. The Hall–Kier alpha value is -4.60. The molecule has 0 saturated carbocycles. The highest BCUT2D eigenvalue weighted by Crippen LogP contribution is 2.17. The van der Waals surface area contributed by atoms with Crippen LogP contribution in [0, 0.1) is 0 Å². The van der Waals surface area contributed by atoms with Crippen molar-refractivity contribution in [2.24, 2.45) is 0 Å². The molecule has 10 heteroatoms. The summed E-state index contributed by atoms with van der Waals surface area (Å²) in [5.41, 5.74) is 1.48. The minimum atomic E-state index is -1.06. The highest BCUT2D eigenvalue weighted by atomic mass is 16.6. The van der Waals surface area contributed by atoms with Crippen molar-refractivity contribution in [1.82, 2.24) is 9.88 Å². The smallest absolute Gasteiger partial charge is 0.408 e. The molecule has 1 heterocycles. The number of aryl methyl sites for hydroxylation is 1. The van der Waals surface area contributed by atoms with Crippen LogP contribution < -0.4 is 20.9 Å². The fraction of sp³-hybridized carbons (Fsp3) is 0.429. The summed E-state index contributed by atoms with van der Waals surface area (Å²) in [6.45, 7) is 12.8. The highest BCUT2D eigenvalue weighted by molar-refractivity contribution is 5.97. The number of anilines is 1. The van der Waals surface area contributed by atoms with Crippen LogP contribution in [0.15, 0.2) is 65.6 Å². The number of rotatable bonds is 11. The molecule has 2 N–H and O–H groups in total. The van der Waals surface area contributed by atoms with E-state index in [1.807, 2.05) is 52.0 Å². The third-order valence-electron chi connectivity index (χ3n) is 6.63. The number of nitrogens with one attached hydrogen (secondary N) is 2. The summed E-state index contributed by atoms with van der Waals surface area (Å²) < 4.78 is 17.6. The van der Waals surface area contributed by atoms with Crippen LogP contribution in [0.3, 0.4) is 0 Å². The molecule has 1 atom stereocenters. The number of alkyl carbamates (subject to hydrolysis) is 1. The van der Waals surface area contributed by atoms with Crippen molar-refractivity contribution in [3.8, 4) is 5.75 Å². The van der Waals surface area contributed by atoms with Gasteiger partial charge in [0.25, 0.3) is 5.56 Å².